The Kier molecular flexibility index (Phi) is 6.33. The van der Waals surface area contributed by atoms with Crippen LogP contribution < -0.4 is 5.32 Å². The third-order valence-electron chi connectivity index (χ3n) is 3.36. The molecule has 0 aliphatic heterocycles. The topological polar surface area (TPSA) is 72.7 Å². The number of hydrogen-bond donors (Lipinski definition) is 1. The molecule has 1 aromatic carbocycles. The second kappa shape index (κ2) is 8.70. The van der Waals surface area contributed by atoms with Crippen LogP contribution in [0.1, 0.15) is 18.2 Å². The van der Waals surface area contributed by atoms with E-state index in [4.69, 9.17) is 0 Å². The minimum absolute atomic E-state index is 0.0943. The van der Waals surface area contributed by atoms with E-state index in [0.29, 0.717) is 5.82 Å². The highest BCUT2D eigenvalue weighted by Gasteiger charge is 2.13. The summed E-state index contributed by atoms with van der Waals surface area (Å²) < 4.78 is 3.49. The number of rotatable bonds is 7. The van der Waals surface area contributed by atoms with Crippen molar-refractivity contribution in [1.29, 1.82) is 0 Å². The Balaban J connectivity index is 1.64. The van der Waals surface area contributed by atoms with E-state index in [-0.39, 0.29) is 11.7 Å². The number of benzene rings is 1. The van der Waals surface area contributed by atoms with Gasteiger partial charge in [-0.25, -0.2) is 4.68 Å². The molecule has 1 N–H and O–H groups in total. The number of thioether (sulfide) groups is 2. The predicted octanol–water partition coefficient (Wildman–Crippen LogP) is 4.18. The molecule has 2 aromatic heterocycles. The first kappa shape index (κ1) is 18.9. The molecule has 0 radical (unpaired) electrons. The van der Waals surface area contributed by atoms with E-state index in [2.05, 4.69) is 27.5 Å². The summed E-state index contributed by atoms with van der Waals surface area (Å²) in [5.74, 6) is 1.81. The number of anilines is 1. The van der Waals surface area contributed by atoms with Gasteiger partial charge in [-0.2, -0.15) is 5.10 Å². The van der Waals surface area contributed by atoms with Crippen molar-refractivity contribution in [3.63, 3.8) is 0 Å². The van der Waals surface area contributed by atoms with Crippen molar-refractivity contribution in [2.75, 3.05) is 16.8 Å². The van der Waals surface area contributed by atoms with Crippen LogP contribution in [0, 0.1) is 13.8 Å². The van der Waals surface area contributed by atoms with Crippen LogP contribution in [0.25, 0.3) is 5.69 Å². The highest BCUT2D eigenvalue weighted by Crippen LogP contribution is 2.28. The Morgan fingerprint density at radius 1 is 1.15 bits per heavy atom. The molecule has 0 saturated carbocycles. The van der Waals surface area contributed by atoms with Crippen LogP contribution >= 0.6 is 34.9 Å². The van der Waals surface area contributed by atoms with Crippen molar-refractivity contribution in [3.05, 3.63) is 41.6 Å². The second-order valence-electron chi connectivity index (χ2n) is 5.52. The zero-order valence-corrected chi connectivity index (χ0v) is 17.2. The average molecular weight is 406 g/mol. The van der Waals surface area contributed by atoms with Gasteiger partial charge in [0.15, 0.2) is 8.68 Å². The minimum atomic E-state index is -0.0943. The molecule has 0 unspecified atom stereocenters. The van der Waals surface area contributed by atoms with Gasteiger partial charge < -0.3 is 5.32 Å². The summed E-state index contributed by atoms with van der Waals surface area (Å²) in [6.45, 7) is 6.02. The molecule has 3 aromatic rings. The van der Waals surface area contributed by atoms with Gasteiger partial charge in [0.1, 0.15) is 5.82 Å². The zero-order chi connectivity index (χ0) is 18.5. The van der Waals surface area contributed by atoms with Crippen LogP contribution in [0.2, 0.25) is 0 Å². The van der Waals surface area contributed by atoms with Crippen LogP contribution in [0.4, 0.5) is 5.82 Å². The standard InChI is InChI=1S/C17H19N5OS3/c1-4-24-16-19-20-17(26-16)25-10-15(23)18-14-9-12(3)21-22(14)13-7-5-11(2)6-8-13/h5-9H,4,10H2,1-3H3,(H,18,23). The van der Waals surface area contributed by atoms with Gasteiger partial charge in [-0.3, -0.25) is 4.79 Å². The number of amides is 1. The minimum Gasteiger partial charge on any atom is -0.310 e. The Labute approximate surface area is 164 Å². The number of hydrogen-bond acceptors (Lipinski definition) is 7. The molecule has 2 heterocycles. The summed E-state index contributed by atoms with van der Waals surface area (Å²) in [7, 11) is 0. The van der Waals surface area contributed by atoms with Gasteiger partial charge in [-0.1, -0.05) is 59.5 Å². The SMILES string of the molecule is CCSc1nnc(SCC(=O)Nc2cc(C)nn2-c2ccc(C)cc2)s1. The van der Waals surface area contributed by atoms with Gasteiger partial charge in [0.25, 0.3) is 0 Å². The van der Waals surface area contributed by atoms with Crippen molar-refractivity contribution < 1.29 is 4.79 Å². The Bertz CT molecular complexity index is 888. The molecule has 26 heavy (non-hydrogen) atoms. The Hall–Kier alpha value is -1.84. The summed E-state index contributed by atoms with van der Waals surface area (Å²) in [4.78, 5) is 12.3. The summed E-state index contributed by atoms with van der Waals surface area (Å²) in [5, 5.41) is 15.6. The van der Waals surface area contributed by atoms with Crippen LogP contribution in [0.3, 0.4) is 0 Å². The van der Waals surface area contributed by atoms with Crippen molar-refractivity contribution in [1.82, 2.24) is 20.0 Å². The van der Waals surface area contributed by atoms with E-state index in [1.165, 1.54) is 28.7 Å². The van der Waals surface area contributed by atoms with Gasteiger partial charge in [0.05, 0.1) is 17.1 Å². The molecular formula is C17H19N5OS3. The molecule has 1 amide bonds. The van der Waals surface area contributed by atoms with E-state index < -0.39 is 0 Å². The predicted molar refractivity (Wildman–Crippen MR) is 109 cm³/mol. The van der Waals surface area contributed by atoms with Gasteiger partial charge in [0, 0.05) is 6.07 Å². The van der Waals surface area contributed by atoms with Gasteiger partial charge in [-0.05, 0) is 31.7 Å². The maximum absolute atomic E-state index is 12.3. The lowest BCUT2D eigenvalue weighted by Gasteiger charge is -2.08. The molecule has 0 fully saturated rings. The second-order valence-corrected chi connectivity index (χ2v) is 9.23. The maximum atomic E-state index is 12.3. The normalized spacial score (nSPS) is 10.9. The molecule has 9 heteroatoms. The maximum Gasteiger partial charge on any atom is 0.235 e. The first-order valence-corrected chi connectivity index (χ1v) is 10.9. The lowest BCUT2D eigenvalue weighted by Crippen LogP contribution is -2.16. The van der Waals surface area contributed by atoms with E-state index in [0.717, 1.165) is 25.8 Å². The fourth-order valence-electron chi connectivity index (χ4n) is 2.21. The third kappa shape index (κ3) is 4.87. The summed E-state index contributed by atoms with van der Waals surface area (Å²) >= 11 is 4.57. The third-order valence-corrected chi connectivity index (χ3v) is 6.43. The molecular weight excluding hydrogens is 386 g/mol. The van der Waals surface area contributed by atoms with Crippen LogP contribution in [0.5, 0.6) is 0 Å². The van der Waals surface area contributed by atoms with E-state index in [1.54, 1.807) is 16.4 Å². The van der Waals surface area contributed by atoms with Crippen LogP contribution in [0.15, 0.2) is 39.0 Å². The molecule has 0 atom stereocenters. The van der Waals surface area contributed by atoms with Crippen molar-refractivity contribution in [2.45, 2.75) is 29.5 Å². The molecule has 3 rings (SSSR count). The number of carbonyl (C=O) groups is 1. The quantitative estimate of drug-likeness (QED) is 0.595. The summed E-state index contributed by atoms with van der Waals surface area (Å²) in [6.07, 6.45) is 0. The number of nitrogens with one attached hydrogen (secondary N) is 1. The molecule has 0 bridgehead atoms. The molecule has 0 saturated heterocycles. The highest BCUT2D eigenvalue weighted by atomic mass is 32.2. The van der Waals surface area contributed by atoms with Gasteiger partial charge >= 0.3 is 0 Å². The number of carbonyl (C=O) groups excluding carboxylic acids is 1. The highest BCUT2D eigenvalue weighted by molar-refractivity contribution is 8.03. The van der Waals surface area contributed by atoms with E-state index >= 15 is 0 Å². The molecule has 0 aliphatic carbocycles. The molecule has 0 spiro atoms. The first-order chi connectivity index (χ1) is 12.5. The molecule has 6 nitrogen and oxygen atoms in total. The lowest BCUT2D eigenvalue weighted by atomic mass is 10.2. The lowest BCUT2D eigenvalue weighted by molar-refractivity contribution is -0.113. The van der Waals surface area contributed by atoms with E-state index in [9.17, 15) is 4.79 Å². The zero-order valence-electron chi connectivity index (χ0n) is 14.7. The first-order valence-electron chi connectivity index (χ1n) is 8.08. The summed E-state index contributed by atoms with van der Waals surface area (Å²) in [6, 6.07) is 9.88. The average Bonchev–Trinajstić information content (AvgIpc) is 3.21. The van der Waals surface area contributed by atoms with Crippen molar-refractivity contribution in [2.24, 2.45) is 0 Å². The van der Waals surface area contributed by atoms with Gasteiger partial charge in [0.2, 0.25) is 5.91 Å². The van der Waals surface area contributed by atoms with Crippen molar-refractivity contribution >= 4 is 46.6 Å². The van der Waals surface area contributed by atoms with Gasteiger partial charge in [-0.15, -0.1) is 10.2 Å². The number of nitrogens with zero attached hydrogens (tertiary/aromatic N) is 4. The Morgan fingerprint density at radius 2 is 1.85 bits per heavy atom. The monoisotopic (exact) mass is 405 g/mol. The fraction of sp³-hybridized carbons (Fsp3) is 0.294. The van der Waals surface area contributed by atoms with Crippen molar-refractivity contribution in [3.8, 4) is 5.69 Å². The molecule has 136 valence electrons. The van der Waals surface area contributed by atoms with Crippen LogP contribution in [-0.2, 0) is 4.79 Å². The molecule has 0 aliphatic rings. The fourth-order valence-corrected chi connectivity index (χ4v) is 4.93. The largest absolute Gasteiger partial charge is 0.310 e. The number of aryl methyl sites for hydroxylation is 2. The smallest absolute Gasteiger partial charge is 0.235 e. The number of aromatic nitrogens is 4. The van der Waals surface area contributed by atoms with Crippen LogP contribution in [-0.4, -0.2) is 37.4 Å². The Morgan fingerprint density at radius 3 is 2.54 bits per heavy atom. The van der Waals surface area contributed by atoms with E-state index in [1.807, 2.05) is 44.2 Å². The summed E-state index contributed by atoms with van der Waals surface area (Å²) in [5.41, 5.74) is 2.94.